The normalized spacial score (nSPS) is 10.3. The summed E-state index contributed by atoms with van der Waals surface area (Å²) in [5, 5.41) is 9.68. The summed E-state index contributed by atoms with van der Waals surface area (Å²) in [5.41, 5.74) is 0.559. The summed E-state index contributed by atoms with van der Waals surface area (Å²) >= 11 is 0. The van der Waals surface area contributed by atoms with Crippen LogP contribution in [0.15, 0.2) is 30.3 Å². The molecule has 98 valence electrons. The highest BCUT2D eigenvalue weighted by Gasteiger charge is 2.12. The first-order chi connectivity index (χ1) is 9.05. The molecule has 2 aromatic carbocycles. The fraction of sp³-hybridized carbons (Fsp3) is 0.0714. The molecule has 0 fully saturated rings. The van der Waals surface area contributed by atoms with Crippen LogP contribution in [-0.2, 0) is 0 Å². The van der Waals surface area contributed by atoms with Crippen molar-refractivity contribution < 1.29 is 23.4 Å². The molecule has 0 atom stereocenters. The van der Waals surface area contributed by atoms with E-state index in [0.29, 0.717) is 6.29 Å². The summed E-state index contributed by atoms with van der Waals surface area (Å²) in [4.78, 5) is 11.0. The maximum absolute atomic E-state index is 13.2. The molecule has 0 aliphatic carbocycles. The molecule has 0 spiro atoms. The molecular formula is C14H10F2O3. The molecule has 2 aromatic rings. The third-order valence-corrected chi connectivity index (χ3v) is 2.65. The lowest BCUT2D eigenvalue weighted by atomic mass is 9.99. The molecule has 0 saturated heterocycles. The van der Waals surface area contributed by atoms with Crippen LogP contribution >= 0.6 is 0 Å². The van der Waals surface area contributed by atoms with Crippen molar-refractivity contribution in [1.29, 1.82) is 0 Å². The van der Waals surface area contributed by atoms with Crippen LogP contribution in [0.4, 0.5) is 8.78 Å². The SMILES string of the molecule is COc1cc(C=O)c(-c2cc(F)cc(F)c2)cc1O. The van der Waals surface area contributed by atoms with Crippen LogP contribution < -0.4 is 4.74 Å². The van der Waals surface area contributed by atoms with Gasteiger partial charge in [0.15, 0.2) is 17.8 Å². The highest BCUT2D eigenvalue weighted by Crippen LogP contribution is 2.34. The maximum Gasteiger partial charge on any atom is 0.161 e. The van der Waals surface area contributed by atoms with E-state index in [0.717, 1.165) is 18.2 Å². The Morgan fingerprint density at radius 1 is 1.11 bits per heavy atom. The van der Waals surface area contributed by atoms with Gasteiger partial charge in [-0.15, -0.1) is 0 Å². The van der Waals surface area contributed by atoms with Gasteiger partial charge in [0, 0.05) is 11.6 Å². The van der Waals surface area contributed by atoms with Gasteiger partial charge in [0.2, 0.25) is 0 Å². The minimum absolute atomic E-state index is 0.114. The zero-order valence-corrected chi connectivity index (χ0v) is 9.98. The van der Waals surface area contributed by atoms with Gasteiger partial charge in [-0.25, -0.2) is 8.78 Å². The Labute approximate surface area is 108 Å². The van der Waals surface area contributed by atoms with Gasteiger partial charge >= 0.3 is 0 Å². The van der Waals surface area contributed by atoms with Crippen molar-refractivity contribution in [2.75, 3.05) is 7.11 Å². The fourth-order valence-electron chi connectivity index (χ4n) is 1.80. The average Bonchev–Trinajstić information content (AvgIpc) is 2.37. The standard InChI is InChI=1S/C14H10F2O3/c1-19-14-4-9(7-17)12(6-13(14)18)8-2-10(15)5-11(16)3-8/h2-7,18H,1H3. The Morgan fingerprint density at radius 3 is 2.26 bits per heavy atom. The molecule has 3 nitrogen and oxygen atoms in total. The van der Waals surface area contributed by atoms with Crippen molar-refractivity contribution in [2.45, 2.75) is 0 Å². The number of halogens is 2. The van der Waals surface area contributed by atoms with E-state index in [4.69, 9.17) is 4.74 Å². The highest BCUT2D eigenvalue weighted by atomic mass is 19.1. The fourth-order valence-corrected chi connectivity index (χ4v) is 1.80. The van der Waals surface area contributed by atoms with Gasteiger partial charge in [-0.2, -0.15) is 0 Å². The van der Waals surface area contributed by atoms with Crippen LogP contribution in [0.5, 0.6) is 11.5 Å². The van der Waals surface area contributed by atoms with Crippen molar-refractivity contribution in [1.82, 2.24) is 0 Å². The predicted octanol–water partition coefficient (Wildman–Crippen LogP) is 3.16. The Bertz CT molecular complexity index is 619. The third-order valence-electron chi connectivity index (χ3n) is 2.65. The molecule has 19 heavy (non-hydrogen) atoms. The zero-order chi connectivity index (χ0) is 14.0. The van der Waals surface area contributed by atoms with E-state index in [1.54, 1.807) is 0 Å². The van der Waals surface area contributed by atoms with Crippen molar-refractivity contribution in [3.8, 4) is 22.6 Å². The van der Waals surface area contributed by atoms with E-state index in [9.17, 15) is 18.7 Å². The zero-order valence-electron chi connectivity index (χ0n) is 9.98. The number of phenols is 1. The molecule has 0 saturated carbocycles. The molecule has 0 aromatic heterocycles. The minimum atomic E-state index is -0.762. The number of benzene rings is 2. The lowest BCUT2D eigenvalue weighted by Gasteiger charge is -2.10. The molecule has 0 aliphatic heterocycles. The smallest absolute Gasteiger partial charge is 0.161 e. The minimum Gasteiger partial charge on any atom is -0.504 e. The van der Waals surface area contributed by atoms with Gasteiger partial charge in [0.05, 0.1) is 7.11 Å². The van der Waals surface area contributed by atoms with Crippen LogP contribution in [0.3, 0.4) is 0 Å². The number of hydrogen-bond donors (Lipinski definition) is 1. The molecule has 2 rings (SSSR count). The summed E-state index contributed by atoms with van der Waals surface area (Å²) in [6, 6.07) is 5.43. The number of aromatic hydroxyl groups is 1. The van der Waals surface area contributed by atoms with E-state index in [-0.39, 0.29) is 28.2 Å². The van der Waals surface area contributed by atoms with E-state index in [2.05, 4.69) is 0 Å². The second-order valence-corrected chi connectivity index (χ2v) is 3.89. The Kier molecular flexibility index (Phi) is 3.46. The van der Waals surface area contributed by atoms with Crippen LogP contribution in [-0.4, -0.2) is 18.5 Å². The number of methoxy groups -OCH3 is 1. The highest BCUT2D eigenvalue weighted by molar-refractivity contribution is 5.89. The first-order valence-electron chi connectivity index (χ1n) is 5.38. The molecular weight excluding hydrogens is 254 g/mol. The van der Waals surface area contributed by atoms with Gasteiger partial charge in [-0.05, 0) is 35.4 Å². The van der Waals surface area contributed by atoms with Gasteiger partial charge < -0.3 is 9.84 Å². The average molecular weight is 264 g/mol. The Hall–Kier alpha value is -2.43. The Morgan fingerprint density at radius 2 is 1.74 bits per heavy atom. The van der Waals surface area contributed by atoms with Gasteiger partial charge in [-0.1, -0.05) is 0 Å². The summed E-state index contributed by atoms with van der Waals surface area (Å²) < 4.78 is 31.2. The third kappa shape index (κ3) is 2.54. The topological polar surface area (TPSA) is 46.5 Å². The number of carbonyl (C=O) groups is 1. The van der Waals surface area contributed by atoms with E-state index in [1.807, 2.05) is 0 Å². The van der Waals surface area contributed by atoms with E-state index >= 15 is 0 Å². The van der Waals surface area contributed by atoms with Crippen LogP contribution in [0.2, 0.25) is 0 Å². The van der Waals surface area contributed by atoms with Gasteiger partial charge in [0.25, 0.3) is 0 Å². The first kappa shape index (κ1) is 13.0. The van der Waals surface area contributed by atoms with Crippen molar-refractivity contribution in [3.05, 3.63) is 47.5 Å². The van der Waals surface area contributed by atoms with Gasteiger partial charge in [0.1, 0.15) is 11.6 Å². The number of aldehydes is 1. The van der Waals surface area contributed by atoms with Crippen molar-refractivity contribution >= 4 is 6.29 Å². The van der Waals surface area contributed by atoms with Crippen LogP contribution in [0.1, 0.15) is 10.4 Å². The molecule has 5 heteroatoms. The number of rotatable bonds is 3. The molecule has 0 radical (unpaired) electrons. The largest absolute Gasteiger partial charge is 0.504 e. The van der Waals surface area contributed by atoms with E-state index < -0.39 is 11.6 Å². The molecule has 0 bridgehead atoms. The lowest BCUT2D eigenvalue weighted by molar-refractivity contribution is 0.112. The van der Waals surface area contributed by atoms with E-state index in [1.165, 1.54) is 19.2 Å². The number of ether oxygens (including phenoxy) is 1. The summed E-state index contributed by atoms with van der Waals surface area (Å²) in [5.74, 6) is -1.63. The molecule has 0 heterocycles. The Balaban J connectivity index is 2.67. The number of carbonyl (C=O) groups excluding carboxylic acids is 1. The van der Waals surface area contributed by atoms with Crippen LogP contribution in [0.25, 0.3) is 11.1 Å². The second-order valence-electron chi connectivity index (χ2n) is 3.89. The number of hydrogen-bond acceptors (Lipinski definition) is 3. The second kappa shape index (κ2) is 5.06. The molecule has 0 unspecified atom stereocenters. The van der Waals surface area contributed by atoms with Gasteiger partial charge in [-0.3, -0.25) is 4.79 Å². The summed E-state index contributed by atoms with van der Waals surface area (Å²) in [6.07, 6.45) is 0.528. The quantitative estimate of drug-likeness (QED) is 0.866. The summed E-state index contributed by atoms with van der Waals surface area (Å²) in [7, 11) is 1.34. The molecule has 0 amide bonds. The lowest BCUT2D eigenvalue weighted by Crippen LogP contribution is -1.93. The van der Waals surface area contributed by atoms with Crippen LogP contribution in [0, 0.1) is 11.6 Å². The summed E-state index contributed by atoms with van der Waals surface area (Å²) in [6.45, 7) is 0. The van der Waals surface area contributed by atoms with Crippen molar-refractivity contribution in [2.24, 2.45) is 0 Å². The maximum atomic E-state index is 13.2. The molecule has 0 aliphatic rings. The number of phenolic OH excluding ortho intramolecular Hbond substituents is 1. The molecule has 1 N–H and O–H groups in total. The first-order valence-corrected chi connectivity index (χ1v) is 5.38. The monoisotopic (exact) mass is 264 g/mol. The van der Waals surface area contributed by atoms with Crippen molar-refractivity contribution in [3.63, 3.8) is 0 Å². The predicted molar refractivity (Wildman–Crippen MR) is 65.4 cm³/mol.